The molecule has 0 heterocycles. The van der Waals surface area contributed by atoms with Gasteiger partial charge >= 0.3 is 0 Å². The Balaban J connectivity index is 1.65. The normalized spacial score (nSPS) is 10.9. The van der Waals surface area contributed by atoms with Gasteiger partial charge in [0.1, 0.15) is 17.4 Å². The van der Waals surface area contributed by atoms with Gasteiger partial charge in [0.25, 0.3) is 11.8 Å². The SMILES string of the molecule is Cc1ccc(NC(=O)COc2ccc(/C=C(\C#N)C(=O)Nc3ccc(C)cc3C)cc2Cl)c(C)c1. The quantitative estimate of drug-likeness (QED) is 0.309. The summed E-state index contributed by atoms with van der Waals surface area (Å²) < 4.78 is 5.56. The number of nitriles is 1. The van der Waals surface area contributed by atoms with Crippen LogP contribution in [0.5, 0.6) is 5.75 Å². The number of aryl methyl sites for hydroxylation is 4. The van der Waals surface area contributed by atoms with E-state index in [9.17, 15) is 14.9 Å². The van der Waals surface area contributed by atoms with E-state index in [4.69, 9.17) is 16.3 Å². The molecule has 0 spiro atoms. The van der Waals surface area contributed by atoms with E-state index >= 15 is 0 Å². The number of rotatable bonds is 7. The van der Waals surface area contributed by atoms with E-state index in [2.05, 4.69) is 10.6 Å². The summed E-state index contributed by atoms with van der Waals surface area (Å²) in [5, 5.41) is 15.3. The van der Waals surface area contributed by atoms with Gasteiger partial charge in [-0.1, -0.05) is 53.1 Å². The third kappa shape index (κ3) is 6.95. The first-order valence-corrected chi connectivity index (χ1v) is 11.3. The highest BCUT2D eigenvalue weighted by Crippen LogP contribution is 2.27. The molecule has 0 fully saturated rings. The lowest BCUT2D eigenvalue weighted by molar-refractivity contribution is -0.118. The van der Waals surface area contributed by atoms with E-state index in [1.54, 1.807) is 24.3 Å². The fourth-order valence-corrected chi connectivity index (χ4v) is 3.71. The van der Waals surface area contributed by atoms with E-state index in [1.165, 1.54) is 6.08 Å². The maximum absolute atomic E-state index is 12.6. The molecule has 2 amide bonds. The number of halogens is 1. The molecule has 0 aliphatic rings. The van der Waals surface area contributed by atoms with Crippen molar-refractivity contribution in [1.82, 2.24) is 0 Å². The van der Waals surface area contributed by atoms with E-state index in [0.29, 0.717) is 17.0 Å². The van der Waals surface area contributed by atoms with Crippen LogP contribution in [0.1, 0.15) is 27.8 Å². The topological polar surface area (TPSA) is 91.2 Å². The number of ether oxygens (including phenoxy) is 1. The molecule has 0 saturated carbocycles. The fraction of sp³-hybridized carbons (Fsp3) is 0.179. The number of nitrogens with one attached hydrogen (secondary N) is 2. The van der Waals surface area contributed by atoms with Gasteiger partial charge in [-0.2, -0.15) is 5.26 Å². The van der Waals surface area contributed by atoms with Crippen LogP contribution in [0.25, 0.3) is 6.08 Å². The first kappa shape index (κ1) is 25.5. The molecule has 3 rings (SSSR count). The van der Waals surface area contributed by atoms with Crippen LogP contribution in [0, 0.1) is 39.0 Å². The summed E-state index contributed by atoms with van der Waals surface area (Å²) in [5.41, 5.74) is 5.90. The predicted molar refractivity (Wildman–Crippen MR) is 140 cm³/mol. The summed E-state index contributed by atoms with van der Waals surface area (Å²) in [5.74, 6) is -0.511. The molecule has 0 bridgehead atoms. The highest BCUT2D eigenvalue weighted by molar-refractivity contribution is 6.32. The van der Waals surface area contributed by atoms with Crippen LogP contribution in [0.15, 0.2) is 60.2 Å². The van der Waals surface area contributed by atoms with Gasteiger partial charge < -0.3 is 15.4 Å². The smallest absolute Gasteiger partial charge is 0.266 e. The number of nitrogens with zero attached hydrogens (tertiary/aromatic N) is 1. The molecule has 3 aromatic rings. The molecule has 0 unspecified atom stereocenters. The van der Waals surface area contributed by atoms with Gasteiger partial charge in [0.2, 0.25) is 0 Å². The summed E-state index contributed by atoms with van der Waals surface area (Å²) in [4.78, 5) is 24.9. The summed E-state index contributed by atoms with van der Waals surface area (Å²) in [6.07, 6.45) is 1.45. The minimum Gasteiger partial charge on any atom is -0.482 e. The summed E-state index contributed by atoms with van der Waals surface area (Å²) in [6, 6.07) is 18.1. The number of carbonyl (C=O) groups is 2. The Morgan fingerprint density at radius 1 is 0.914 bits per heavy atom. The molecule has 35 heavy (non-hydrogen) atoms. The maximum Gasteiger partial charge on any atom is 0.266 e. The molecule has 2 N–H and O–H groups in total. The molecule has 6 nitrogen and oxygen atoms in total. The van der Waals surface area contributed by atoms with Crippen LogP contribution in [0.4, 0.5) is 11.4 Å². The minimum atomic E-state index is -0.515. The highest BCUT2D eigenvalue weighted by atomic mass is 35.5. The summed E-state index contributed by atoms with van der Waals surface area (Å²) in [6.45, 7) is 7.54. The fourth-order valence-electron chi connectivity index (χ4n) is 3.47. The van der Waals surface area contributed by atoms with Crippen molar-refractivity contribution < 1.29 is 14.3 Å². The molecule has 0 aliphatic heterocycles. The summed E-state index contributed by atoms with van der Waals surface area (Å²) in [7, 11) is 0. The lowest BCUT2D eigenvalue weighted by Crippen LogP contribution is -2.20. The number of amides is 2. The highest BCUT2D eigenvalue weighted by Gasteiger charge is 2.13. The Morgan fingerprint density at radius 2 is 1.51 bits per heavy atom. The van der Waals surface area contributed by atoms with Gasteiger partial charge in [-0.15, -0.1) is 0 Å². The second-order valence-corrected chi connectivity index (χ2v) is 8.69. The predicted octanol–water partition coefficient (Wildman–Crippen LogP) is 6.14. The van der Waals surface area contributed by atoms with Crippen molar-refractivity contribution in [2.45, 2.75) is 27.7 Å². The molecule has 178 valence electrons. The average molecular weight is 488 g/mol. The zero-order valence-electron chi connectivity index (χ0n) is 20.0. The number of hydrogen-bond acceptors (Lipinski definition) is 4. The van der Waals surface area contributed by atoms with E-state index in [-0.39, 0.29) is 23.1 Å². The van der Waals surface area contributed by atoms with Crippen molar-refractivity contribution in [1.29, 1.82) is 5.26 Å². The molecule has 3 aromatic carbocycles. The van der Waals surface area contributed by atoms with Crippen molar-refractivity contribution in [3.05, 3.63) is 93.0 Å². The van der Waals surface area contributed by atoms with Crippen molar-refractivity contribution in [3.63, 3.8) is 0 Å². The number of carbonyl (C=O) groups excluding carboxylic acids is 2. The van der Waals surface area contributed by atoms with Gasteiger partial charge in [0.15, 0.2) is 6.61 Å². The monoisotopic (exact) mass is 487 g/mol. The lowest BCUT2D eigenvalue weighted by atomic mass is 10.1. The van der Waals surface area contributed by atoms with Crippen molar-refractivity contribution in [3.8, 4) is 11.8 Å². The molecule has 0 aliphatic carbocycles. The van der Waals surface area contributed by atoms with Crippen LogP contribution in [0.2, 0.25) is 5.02 Å². The second-order valence-electron chi connectivity index (χ2n) is 8.29. The van der Waals surface area contributed by atoms with Gasteiger partial charge in [0, 0.05) is 11.4 Å². The first-order chi connectivity index (χ1) is 16.7. The van der Waals surface area contributed by atoms with E-state index in [0.717, 1.165) is 27.9 Å². The standard InChI is InChI=1S/C28H26ClN3O3/c1-17-5-8-24(19(3)11-17)31-27(33)16-35-26-10-7-21(14-23(26)29)13-22(15-30)28(34)32-25-9-6-18(2)12-20(25)4/h5-14H,16H2,1-4H3,(H,31,33)(H,32,34)/b22-13+. The van der Waals surface area contributed by atoms with Crippen LogP contribution >= 0.6 is 11.6 Å². The Kier molecular flexibility index (Phi) is 8.30. The Morgan fingerprint density at radius 3 is 2.06 bits per heavy atom. The van der Waals surface area contributed by atoms with Gasteiger partial charge in [-0.3, -0.25) is 9.59 Å². The zero-order chi connectivity index (χ0) is 25.5. The third-order valence-electron chi connectivity index (χ3n) is 5.28. The summed E-state index contributed by atoms with van der Waals surface area (Å²) >= 11 is 6.32. The molecule has 0 saturated heterocycles. The lowest BCUT2D eigenvalue weighted by Gasteiger charge is -2.11. The zero-order valence-corrected chi connectivity index (χ0v) is 20.8. The Labute approximate surface area is 210 Å². The van der Waals surface area contributed by atoms with Gasteiger partial charge in [-0.05, 0) is 74.7 Å². The Bertz CT molecular complexity index is 1360. The van der Waals surface area contributed by atoms with Crippen molar-refractivity contribution in [2.75, 3.05) is 17.2 Å². The second kappa shape index (κ2) is 11.4. The molecular weight excluding hydrogens is 462 g/mol. The van der Waals surface area contributed by atoms with Crippen molar-refractivity contribution >= 4 is 40.9 Å². The van der Waals surface area contributed by atoms with Crippen LogP contribution in [0.3, 0.4) is 0 Å². The van der Waals surface area contributed by atoms with Crippen LogP contribution in [-0.4, -0.2) is 18.4 Å². The number of benzene rings is 3. The largest absolute Gasteiger partial charge is 0.482 e. The van der Waals surface area contributed by atoms with Crippen LogP contribution in [-0.2, 0) is 9.59 Å². The van der Waals surface area contributed by atoms with E-state index in [1.807, 2.05) is 64.1 Å². The van der Waals surface area contributed by atoms with Crippen LogP contribution < -0.4 is 15.4 Å². The average Bonchev–Trinajstić information content (AvgIpc) is 2.80. The maximum atomic E-state index is 12.6. The number of anilines is 2. The number of hydrogen-bond donors (Lipinski definition) is 2. The molecule has 0 atom stereocenters. The van der Waals surface area contributed by atoms with Crippen molar-refractivity contribution in [2.24, 2.45) is 0 Å². The molecule has 0 radical (unpaired) electrons. The molecule has 0 aromatic heterocycles. The van der Waals surface area contributed by atoms with Gasteiger partial charge in [-0.25, -0.2) is 0 Å². The molecule has 7 heteroatoms. The Hall–Kier alpha value is -4.08. The minimum absolute atomic E-state index is 0.0671. The first-order valence-electron chi connectivity index (χ1n) is 11.0. The third-order valence-corrected chi connectivity index (χ3v) is 5.57. The molecular formula is C28H26ClN3O3. The van der Waals surface area contributed by atoms with Gasteiger partial charge in [0.05, 0.1) is 5.02 Å². The van der Waals surface area contributed by atoms with E-state index < -0.39 is 5.91 Å².